The first-order chi connectivity index (χ1) is 12.1. The number of ether oxygens (including phenoxy) is 5. The van der Waals surface area contributed by atoms with E-state index in [0.717, 1.165) is 5.56 Å². The number of fused-ring (bicyclic) bond motifs is 3. The number of carbonyl (C=O) groups excluding carboxylic acids is 1. The highest BCUT2D eigenvalue weighted by molar-refractivity contribution is 5.94. The summed E-state index contributed by atoms with van der Waals surface area (Å²) >= 11 is 0. The van der Waals surface area contributed by atoms with E-state index in [1.807, 2.05) is 58.9 Å². The fourth-order valence-corrected chi connectivity index (χ4v) is 3.67. The van der Waals surface area contributed by atoms with Gasteiger partial charge in [-0.15, -0.1) is 0 Å². The molecule has 3 fully saturated rings. The van der Waals surface area contributed by atoms with Gasteiger partial charge in [0.25, 0.3) is 5.91 Å². The Hall–Kier alpha value is -1.51. The molecule has 26 heavy (non-hydrogen) atoms. The number of aryl methyl sites for hydroxylation is 1. The molecule has 0 radical (unpaired) electrons. The zero-order valence-electron chi connectivity index (χ0n) is 15.6. The van der Waals surface area contributed by atoms with E-state index in [-0.39, 0.29) is 5.91 Å². The summed E-state index contributed by atoms with van der Waals surface area (Å²) < 4.78 is 29.7. The molecule has 3 heterocycles. The molecule has 0 unspecified atom stereocenters. The molecule has 3 aliphatic heterocycles. The predicted molar refractivity (Wildman–Crippen MR) is 92.3 cm³/mol. The van der Waals surface area contributed by atoms with Crippen molar-refractivity contribution in [2.24, 2.45) is 0 Å². The second kappa shape index (κ2) is 6.00. The topological polar surface area (TPSA) is 75.3 Å². The molecule has 142 valence electrons. The van der Waals surface area contributed by atoms with Crippen LogP contribution in [0.15, 0.2) is 24.3 Å². The highest BCUT2D eigenvalue weighted by Crippen LogP contribution is 2.44. The second-order valence-electron chi connectivity index (χ2n) is 7.95. The third-order valence-corrected chi connectivity index (χ3v) is 4.73. The summed E-state index contributed by atoms with van der Waals surface area (Å²) in [4.78, 5) is 12.9. The van der Waals surface area contributed by atoms with Crippen LogP contribution in [-0.2, 0) is 28.5 Å². The number of benzene rings is 1. The van der Waals surface area contributed by atoms with E-state index >= 15 is 0 Å². The van der Waals surface area contributed by atoms with Crippen molar-refractivity contribution in [3.63, 3.8) is 0 Å². The van der Waals surface area contributed by atoms with Gasteiger partial charge in [-0.25, -0.2) is 0 Å². The van der Waals surface area contributed by atoms with Crippen molar-refractivity contribution in [1.82, 2.24) is 0 Å². The van der Waals surface area contributed by atoms with E-state index in [1.165, 1.54) is 0 Å². The number of hydrogen-bond acceptors (Lipinski definition) is 6. The Morgan fingerprint density at radius 1 is 0.885 bits per heavy atom. The molecular weight excluding hydrogens is 338 g/mol. The average Bonchev–Trinajstić information content (AvgIpc) is 3.02. The maximum atomic E-state index is 12.9. The fourth-order valence-electron chi connectivity index (χ4n) is 3.67. The van der Waals surface area contributed by atoms with Crippen LogP contribution < -0.4 is 5.32 Å². The summed E-state index contributed by atoms with van der Waals surface area (Å²) in [5.74, 6) is -1.93. The van der Waals surface area contributed by atoms with Crippen molar-refractivity contribution in [3.05, 3.63) is 29.8 Å². The van der Waals surface area contributed by atoms with Crippen LogP contribution in [-0.4, -0.2) is 48.2 Å². The van der Waals surface area contributed by atoms with Crippen molar-refractivity contribution in [1.29, 1.82) is 0 Å². The lowest BCUT2D eigenvalue weighted by atomic mass is 9.98. The maximum absolute atomic E-state index is 12.9. The van der Waals surface area contributed by atoms with Crippen LogP contribution >= 0.6 is 0 Å². The summed E-state index contributed by atoms with van der Waals surface area (Å²) in [5, 5.41) is 2.88. The Morgan fingerprint density at radius 3 is 2.15 bits per heavy atom. The molecule has 0 saturated carbocycles. The van der Waals surface area contributed by atoms with Gasteiger partial charge < -0.3 is 29.0 Å². The zero-order valence-corrected chi connectivity index (χ0v) is 15.6. The van der Waals surface area contributed by atoms with Crippen molar-refractivity contribution < 1.29 is 28.5 Å². The molecule has 0 aliphatic carbocycles. The lowest BCUT2D eigenvalue weighted by Gasteiger charge is -2.36. The molecule has 0 bridgehead atoms. The zero-order chi connectivity index (χ0) is 18.7. The predicted octanol–water partition coefficient (Wildman–Crippen LogP) is 2.33. The number of amides is 1. The molecule has 1 amide bonds. The number of hydrogen-bond donors (Lipinski definition) is 1. The summed E-state index contributed by atoms with van der Waals surface area (Å²) in [6, 6.07) is 7.57. The largest absolute Gasteiger partial charge is 0.342 e. The van der Waals surface area contributed by atoms with Crippen LogP contribution in [0.25, 0.3) is 0 Å². The number of carbonyl (C=O) groups is 1. The Balaban J connectivity index is 1.57. The molecule has 3 aliphatic rings. The van der Waals surface area contributed by atoms with Crippen LogP contribution in [0.1, 0.15) is 33.3 Å². The van der Waals surface area contributed by atoms with Gasteiger partial charge in [-0.3, -0.25) is 4.79 Å². The highest BCUT2D eigenvalue weighted by atomic mass is 16.9. The Labute approximate surface area is 152 Å². The van der Waals surface area contributed by atoms with Gasteiger partial charge in [0.2, 0.25) is 0 Å². The molecule has 3 saturated heterocycles. The monoisotopic (exact) mass is 363 g/mol. The van der Waals surface area contributed by atoms with Crippen molar-refractivity contribution >= 4 is 11.6 Å². The minimum absolute atomic E-state index is 0.295. The lowest BCUT2D eigenvalue weighted by molar-refractivity contribution is -0.229. The minimum Gasteiger partial charge on any atom is -0.342 e. The van der Waals surface area contributed by atoms with Crippen molar-refractivity contribution in [2.45, 2.75) is 76.9 Å². The normalized spacial score (nSPS) is 37.0. The average molecular weight is 363 g/mol. The molecule has 7 heteroatoms. The third-order valence-electron chi connectivity index (χ3n) is 4.73. The van der Waals surface area contributed by atoms with E-state index in [2.05, 4.69) is 5.32 Å². The van der Waals surface area contributed by atoms with Gasteiger partial charge in [-0.1, -0.05) is 17.7 Å². The van der Waals surface area contributed by atoms with Gasteiger partial charge in [-0.05, 0) is 46.8 Å². The van der Waals surface area contributed by atoms with Crippen LogP contribution in [0, 0.1) is 6.92 Å². The van der Waals surface area contributed by atoms with Gasteiger partial charge in [0, 0.05) is 5.69 Å². The molecule has 1 N–H and O–H groups in total. The Bertz CT molecular complexity index is 700. The Morgan fingerprint density at radius 2 is 1.46 bits per heavy atom. The quantitative estimate of drug-likeness (QED) is 0.869. The van der Waals surface area contributed by atoms with Crippen LogP contribution in [0.3, 0.4) is 0 Å². The van der Waals surface area contributed by atoms with Crippen molar-refractivity contribution in [2.75, 3.05) is 5.32 Å². The molecular formula is C19H25NO6. The number of anilines is 1. The maximum Gasteiger partial charge on any atom is 0.256 e. The summed E-state index contributed by atoms with van der Waals surface area (Å²) in [6.45, 7) is 9.25. The molecule has 0 spiro atoms. The van der Waals surface area contributed by atoms with Crippen LogP contribution in [0.2, 0.25) is 0 Å². The molecule has 4 rings (SSSR count). The van der Waals surface area contributed by atoms with Gasteiger partial charge in [0.15, 0.2) is 24.0 Å². The third kappa shape index (κ3) is 3.25. The molecule has 5 atom stereocenters. The van der Waals surface area contributed by atoms with Crippen LogP contribution in [0.5, 0.6) is 0 Å². The first kappa shape index (κ1) is 17.9. The van der Waals surface area contributed by atoms with Gasteiger partial charge in [-0.2, -0.15) is 0 Å². The van der Waals surface area contributed by atoms with Crippen molar-refractivity contribution in [3.8, 4) is 0 Å². The summed E-state index contributed by atoms with van der Waals surface area (Å²) in [7, 11) is 0. The van der Waals surface area contributed by atoms with Gasteiger partial charge in [0.05, 0.1) is 0 Å². The smallest absolute Gasteiger partial charge is 0.256 e. The van der Waals surface area contributed by atoms with E-state index in [1.54, 1.807) is 0 Å². The van der Waals surface area contributed by atoms with Gasteiger partial charge in [0.1, 0.15) is 18.3 Å². The first-order valence-electron chi connectivity index (χ1n) is 8.88. The van der Waals surface area contributed by atoms with Crippen LogP contribution in [0.4, 0.5) is 5.69 Å². The SMILES string of the molecule is Cc1ccc(NC(=O)[C@H]2O[C@H]3OC(C)(C)O[C@@H]3[C@H]3OC(C)(C)O[C@@H]32)cc1. The highest BCUT2D eigenvalue weighted by Gasteiger charge is 2.62. The van der Waals surface area contributed by atoms with E-state index in [4.69, 9.17) is 23.7 Å². The Kier molecular flexibility index (Phi) is 4.13. The minimum atomic E-state index is -0.859. The fraction of sp³-hybridized carbons (Fsp3) is 0.632. The summed E-state index contributed by atoms with van der Waals surface area (Å²) in [5.41, 5.74) is 1.82. The van der Waals surface area contributed by atoms with E-state index in [0.29, 0.717) is 5.69 Å². The first-order valence-corrected chi connectivity index (χ1v) is 8.88. The summed E-state index contributed by atoms with van der Waals surface area (Å²) in [6.07, 6.45) is -3.01. The standard InChI is InChI=1S/C19H25NO6/c1-10-6-8-11(9-7-10)20-16(21)14-12-13(24-18(2,3)23-12)15-17(22-14)26-19(4,5)25-15/h6-9,12-15,17H,1-5H3,(H,20,21)/t12-,13-,14-,15+,17-/m0/s1. The number of rotatable bonds is 2. The molecule has 7 nitrogen and oxygen atoms in total. The molecule has 1 aromatic carbocycles. The molecule has 1 aromatic rings. The number of nitrogens with one attached hydrogen (secondary N) is 1. The van der Waals surface area contributed by atoms with Gasteiger partial charge >= 0.3 is 0 Å². The van der Waals surface area contributed by atoms with E-state index < -0.39 is 42.3 Å². The molecule has 0 aromatic heterocycles. The second-order valence-corrected chi connectivity index (χ2v) is 7.95. The lowest BCUT2D eigenvalue weighted by Crippen LogP contribution is -2.58. The van der Waals surface area contributed by atoms with E-state index in [9.17, 15) is 4.79 Å².